The van der Waals surface area contributed by atoms with E-state index in [9.17, 15) is 14.4 Å². The minimum Gasteiger partial charge on any atom is -0.478 e. The van der Waals surface area contributed by atoms with Crippen molar-refractivity contribution in [2.24, 2.45) is 0 Å². The quantitative estimate of drug-likeness (QED) is 0.646. The van der Waals surface area contributed by atoms with Crippen LogP contribution >= 0.6 is 0 Å². The molecule has 0 spiro atoms. The van der Waals surface area contributed by atoms with Gasteiger partial charge in [-0.05, 0) is 35.4 Å². The van der Waals surface area contributed by atoms with Crippen LogP contribution in [0.1, 0.15) is 21.5 Å². The molecule has 3 N–H and O–H groups in total. The van der Waals surface area contributed by atoms with Crippen molar-refractivity contribution in [3.05, 3.63) is 103 Å². The normalized spacial score (nSPS) is 12.3. The Morgan fingerprint density at radius 3 is 1.96 bits per heavy atom. The molecule has 0 aliphatic carbocycles. The van der Waals surface area contributed by atoms with Gasteiger partial charge in [-0.3, -0.25) is 9.59 Å². The molecule has 0 aliphatic heterocycles. The summed E-state index contributed by atoms with van der Waals surface area (Å²) in [5.41, 5.74) is 0.475. The van der Waals surface area contributed by atoms with Crippen molar-refractivity contribution in [1.82, 2.24) is 9.97 Å². The van der Waals surface area contributed by atoms with Crippen molar-refractivity contribution in [3.63, 3.8) is 0 Å². The smallest absolute Gasteiger partial charge is 0.335 e. The summed E-state index contributed by atoms with van der Waals surface area (Å²) >= 11 is 0. The number of carboxylic acid groups (broad SMARTS) is 1. The van der Waals surface area contributed by atoms with Gasteiger partial charge in [-0.25, -0.2) is 4.79 Å². The molecular weight excluding hydrogens is 320 g/mol. The number of nitrogens with one attached hydrogen (secondary N) is 2. The monoisotopic (exact) mass is 334 g/mol. The Hall–Kier alpha value is -3.67. The predicted molar refractivity (Wildman–Crippen MR) is 93.9 cm³/mol. The van der Waals surface area contributed by atoms with Crippen molar-refractivity contribution < 1.29 is 9.90 Å². The number of hydrogen-bond donors (Lipinski definition) is 3. The summed E-state index contributed by atoms with van der Waals surface area (Å²) < 4.78 is 0. The number of H-pyrrole nitrogens is 2. The van der Waals surface area contributed by atoms with E-state index in [1.807, 2.05) is 30.3 Å². The van der Waals surface area contributed by atoms with Gasteiger partial charge in [0.2, 0.25) is 0 Å². The summed E-state index contributed by atoms with van der Waals surface area (Å²) in [4.78, 5) is 40.5. The van der Waals surface area contributed by atoms with Gasteiger partial charge in [0.1, 0.15) is 10.7 Å². The lowest BCUT2D eigenvalue weighted by molar-refractivity contribution is 0.0697. The highest BCUT2D eigenvalue weighted by molar-refractivity contribution is 5.88. The maximum absolute atomic E-state index is 12.2. The molecular formula is C19H14N2O4. The number of aromatic carboxylic acids is 1. The molecule has 3 rings (SSSR count). The highest BCUT2D eigenvalue weighted by atomic mass is 16.4. The van der Waals surface area contributed by atoms with Crippen LogP contribution in [-0.2, 0) is 0 Å². The first-order valence-corrected chi connectivity index (χ1v) is 7.47. The number of carbonyl (C=O) groups is 1. The molecule has 0 atom stereocenters. The van der Waals surface area contributed by atoms with E-state index in [4.69, 9.17) is 5.11 Å². The Morgan fingerprint density at radius 1 is 0.800 bits per heavy atom. The SMILES string of the molecule is O=C(O)c1cccc(C=c2[nH]c(=O)c(=Cc3ccccc3)[nH]c2=O)c1. The topological polar surface area (TPSA) is 103 Å². The van der Waals surface area contributed by atoms with Crippen LogP contribution in [0.25, 0.3) is 12.2 Å². The maximum atomic E-state index is 12.2. The third kappa shape index (κ3) is 3.81. The number of aromatic nitrogens is 2. The molecule has 1 heterocycles. The van der Waals surface area contributed by atoms with Gasteiger partial charge in [-0.15, -0.1) is 0 Å². The summed E-state index contributed by atoms with van der Waals surface area (Å²) in [6.45, 7) is 0. The summed E-state index contributed by atoms with van der Waals surface area (Å²) in [5, 5.41) is 9.21. The van der Waals surface area contributed by atoms with E-state index < -0.39 is 17.1 Å². The fourth-order valence-corrected chi connectivity index (χ4v) is 2.34. The molecule has 3 aromatic rings. The van der Waals surface area contributed by atoms with E-state index in [-0.39, 0.29) is 16.3 Å². The van der Waals surface area contributed by atoms with Crippen molar-refractivity contribution in [2.45, 2.75) is 0 Å². The molecule has 0 radical (unpaired) electrons. The second-order valence-corrected chi connectivity index (χ2v) is 5.37. The van der Waals surface area contributed by atoms with E-state index in [1.54, 1.807) is 18.2 Å². The first-order chi connectivity index (χ1) is 12.0. The highest BCUT2D eigenvalue weighted by Crippen LogP contribution is 2.05. The van der Waals surface area contributed by atoms with Gasteiger partial charge in [0.25, 0.3) is 11.1 Å². The third-order valence-corrected chi connectivity index (χ3v) is 3.54. The largest absolute Gasteiger partial charge is 0.478 e. The Bertz CT molecular complexity index is 1160. The van der Waals surface area contributed by atoms with Crippen molar-refractivity contribution in [1.29, 1.82) is 0 Å². The number of hydrogen-bond acceptors (Lipinski definition) is 3. The van der Waals surface area contributed by atoms with E-state index in [1.165, 1.54) is 18.2 Å². The average Bonchev–Trinajstić information content (AvgIpc) is 2.60. The van der Waals surface area contributed by atoms with Crippen molar-refractivity contribution >= 4 is 18.1 Å². The minimum absolute atomic E-state index is 0.0535. The van der Waals surface area contributed by atoms with Crippen LogP contribution in [0.3, 0.4) is 0 Å². The Morgan fingerprint density at radius 2 is 1.36 bits per heavy atom. The first-order valence-electron chi connectivity index (χ1n) is 7.47. The fraction of sp³-hybridized carbons (Fsp3) is 0. The zero-order chi connectivity index (χ0) is 17.8. The van der Waals surface area contributed by atoms with E-state index in [0.717, 1.165) is 5.56 Å². The average molecular weight is 334 g/mol. The fourth-order valence-electron chi connectivity index (χ4n) is 2.34. The van der Waals surface area contributed by atoms with Gasteiger partial charge < -0.3 is 15.1 Å². The molecule has 0 saturated carbocycles. The molecule has 1 aromatic heterocycles. The second-order valence-electron chi connectivity index (χ2n) is 5.37. The van der Waals surface area contributed by atoms with E-state index in [0.29, 0.717) is 5.56 Å². The maximum Gasteiger partial charge on any atom is 0.335 e. The zero-order valence-electron chi connectivity index (χ0n) is 13.0. The molecule has 6 heteroatoms. The van der Waals surface area contributed by atoms with Crippen LogP contribution in [0.2, 0.25) is 0 Å². The van der Waals surface area contributed by atoms with Gasteiger partial charge in [0.15, 0.2) is 0 Å². The summed E-state index contributed by atoms with van der Waals surface area (Å²) in [6, 6.07) is 15.2. The minimum atomic E-state index is -1.06. The van der Waals surface area contributed by atoms with Crippen LogP contribution in [-0.4, -0.2) is 21.0 Å². The molecule has 25 heavy (non-hydrogen) atoms. The van der Waals surface area contributed by atoms with Crippen LogP contribution < -0.4 is 21.8 Å². The van der Waals surface area contributed by atoms with Gasteiger partial charge in [0.05, 0.1) is 5.56 Å². The van der Waals surface area contributed by atoms with Gasteiger partial charge in [0, 0.05) is 0 Å². The van der Waals surface area contributed by atoms with Crippen LogP contribution in [0.15, 0.2) is 64.2 Å². The molecule has 0 saturated heterocycles. The molecule has 0 bridgehead atoms. The van der Waals surface area contributed by atoms with Gasteiger partial charge in [-0.1, -0.05) is 42.5 Å². The lowest BCUT2D eigenvalue weighted by Gasteiger charge is -1.97. The van der Waals surface area contributed by atoms with E-state index >= 15 is 0 Å². The molecule has 0 fully saturated rings. The Kier molecular flexibility index (Phi) is 4.43. The third-order valence-electron chi connectivity index (χ3n) is 3.54. The summed E-state index contributed by atoms with van der Waals surface area (Å²) in [5.74, 6) is -1.06. The first kappa shape index (κ1) is 16.2. The lowest BCUT2D eigenvalue weighted by atomic mass is 10.1. The van der Waals surface area contributed by atoms with Crippen LogP contribution in [0, 0.1) is 0 Å². The van der Waals surface area contributed by atoms with E-state index in [2.05, 4.69) is 9.97 Å². The number of aromatic amines is 2. The lowest BCUT2D eigenvalue weighted by Crippen LogP contribution is -2.46. The highest BCUT2D eigenvalue weighted by Gasteiger charge is 2.02. The second kappa shape index (κ2) is 6.84. The number of benzene rings is 2. The zero-order valence-corrected chi connectivity index (χ0v) is 13.0. The molecule has 6 nitrogen and oxygen atoms in total. The Labute approximate surface area is 141 Å². The van der Waals surface area contributed by atoms with Gasteiger partial charge in [-0.2, -0.15) is 0 Å². The van der Waals surface area contributed by atoms with Crippen LogP contribution in [0.4, 0.5) is 0 Å². The van der Waals surface area contributed by atoms with Gasteiger partial charge >= 0.3 is 5.97 Å². The molecule has 0 aliphatic rings. The predicted octanol–water partition coefficient (Wildman–Crippen LogP) is 0.419. The number of carboxylic acids is 1. The van der Waals surface area contributed by atoms with Crippen molar-refractivity contribution in [2.75, 3.05) is 0 Å². The standard InChI is InChI=1S/C19H14N2O4/c22-17-15(10-12-5-2-1-3-6-12)20-18(23)16(21-17)11-13-7-4-8-14(9-13)19(24)25/h1-11H,(H,20,23)(H,21,22)(H,24,25). The summed E-state index contributed by atoms with van der Waals surface area (Å²) in [6.07, 6.45) is 3.01. The summed E-state index contributed by atoms with van der Waals surface area (Å²) in [7, 11) is 0. The Balaban J connectivity index is 2.11. The molecule has 0 unspecified atom stereocenters. The molecule has 124 valence electrons. The van der Waals surface area contributed by atoms with Crippen LogP contribution in [0.5, 0.6) is 0 Å². The molecule has 0 amide bonds. The number of rotatable bonds is 3. The van der Waals surface area contributed by atoms with Crippen molar-refractivity contribution in [3.8, 4) is 0 Å². The molecule has 2 aromatic carbocycles.